The zero-order valence-electron chi connectivity index (χ0n) is 15.2. The number of nitrogens with one attached hydrogen (secondary N) is 1. The Bertz CT molecular complexity index is 761. The second kappa shape index (κ2) is 8.72. The number of carbonyl (C=O) groups excluding carboxylic acids is 1. The number of nitrogens with two attached hydrogens (primary N) is 1. The van der Waals surface area contributed by atoms with E-state index in [9.17, 15) is 4.79 Å². The van der Waals surface area contributed by atoms with E-state index in [1.54, 1.807) is 25.3 Å². The summed E-state index contributed by atoms with van der Waals surface area (Å²) < 4.78 is 11.2. The minimum absolute atomic E-state index is 0.125. The molecule has 2 aromatic rings. The number of aryl methyl sites for hydroxylation is 1. The molecule has 0 saturated carbocycles. The molecule has 1 aliphatic rings. The smallest absolute Gasteiger partial charge is 0.255 e. The minimum Gasteiger partial charge on any atom is -0.493 e. The first-order valence-corrected chi connectivity index (χ1v) is 9.10. The molecular formula is C21H26N2O3. The van der Waals surface area contributed by atoms with Crippen LogP contribution in [0, 0.1) is 0 Å². The normalized spacial score (nSPS) is 15.8. The van der Waals surface area contributed by atoms with E-state index in [0.29, 0.717) is 30.2 Å². The average Bonchev–Trinajstić information content (AvgIpc) is 2.68. The summed E-state index contributed by atoms with van der Waals surface area (Å²) in [6.45, 7) is 0.992. The standard InChI is InChI=1S/C21H26N2O3/c1-25-19-9-4-8-18(20(19)26-13-5-12-22)21(24)23-17-11-10-15-6-2-3-7-16(15)14-17/h2-4,6-9,17H,5,10-14,22H2,1H3,(H,23,24)/t17-/m0/s1. The van der Waals surface area contributed by atoms with Crippen LogP contribution >= 0.6 is 0 Å². The summed E-state index contributed by atoms with van der Waals surface area (Å²) >= 11 is 0. The highest BCUT2D eigenvalue weighted by molar-refractivity contribution is 5.98. The molecule has 1 amide bonds. The molecule has 0 spiro atoms. The van der Waals surface area contributed by atoms with Crippen LogP contribution < -0.4 is 20.5 Å². The minimum atomic E-state index is -0.129. The van der Waals surface area contributed by atoms with Gasteiger partial charge in [0.25, 0.3) is 5.91 Å². The van der Waals surface area contributed by atoms with Gasteiger partial charge in [-0.2, -0.15) is 0 Å². The van der Waals surface area contributed by atoms with Gasteiger partial charge in [-0.05, 0) is 55.5 Å². The van der Waals surface area contributed by atoms with Crippen LogP contribution in [0.4, 0.5) is 0 Å². The van der Waals surface area contributed by atoms with Crippen molar-refractivity contribution in [1.82, 2.24) is 5.32 Å². The largest absolute Gasteiger partial charge is 0.493 e. The van der Waals surface area contributed by atoms with Crippen LogP contribution in [0.3, 0.4) is 0 Å². The van der Waals surface area contributed by atoms with Crippen molar-refractivity contribution in [3.8, 4) is 11.5 Å². The summed E-state index contributed by atoms with van der Waals surface area (Å²) in [5.74, 6) is 0.914. The van der Waals surface area contributed by atoms with E-state index in [2.05, 4.69) is 29.6 Å². The van der Waals surface area contributed by atoms with E-state index in [0.717, 1.165) is 25.7 Å². The van der Waals surface area contributed by atoms with Gasteiger partial charge in [-0.25, -0.2) is 0 Å². The number of methoxy groups -OCH3 is 1. The summed E-state index contributed by atoms with van der Waals surface area (Å²) in [6.07, 6.45) is 3.50. The Morgan fingerprint density at radius 2 is 2.00 bits per heavy atom. The van der Waals surface area contributed by atoms with Crippen LogP contribution in [-0.2, 0) is 12.8 Å². The van der Waals surface area contributed by atoms with Gasteiger partial charge < -0.3 is 20.5 Å². The molecule has 5 heteroatoms. The Morgan fingerprint density at radius 1 is 1.19 bits per heavy atom. The van der Waals surface area contributed by atoms with Gasteiger partial charge in [-0.15, -0.1) is 0 Å². The van der Waals surface area contributed by atoms with Gasteiger partial charge in [0.2, 0.25) is 0 Å². The van der Waals surface area contributed by atoms with Gasteiger partial charge in [0.05, 0.1) is 19.3 Å². The molecule has 5 nitrogen and oxygen atoms in total. The first-order valence-electron chi connectivity index (χ1n) is 9.10. The lowest BCUT2D eigenvalue weighted by Gasteiger charge is -2.26. The summed E-state index contributed by atoms with van der Waals surface area (Å²) in [5, 5.41) is 3.16. The molecule has 0 heterocycles. The first kappa shape index (κ1) is 18.3. The van der Waals surface area contributed by atoms with Crippen molar-refractivity contribution in [2.24, 2.45) is 5.73 Å². The molecule has 0 aliphatic heterocycles. The molecule has 2 aromatic carbocycles. The van der Waals surface area contributed by atoms with Crippen molar-refractivity contribution in [2.75, 3.05) is 20.3 Å². The Labute approximate surface area is 154 Å². The number of ether oxygens (including phenoxy) is 2. The molecule has 26 heavy (non-hydrogen) atoms. The fourth-order valence-corrected chi connectivity index (χ4v) is 3.35. The van der Waals surface area contributed by atoms with Crippen molar-refractivity contribution in [1.29, 1.82) is 0 Å². The van der Waals surface area contributed by atoms with Crippen LogP contribution in [0.5, 0.6) is 11.5 Å². The van der Waals surface area contributed by atoms with Crippen LogP contribution in [0.25, 0.3) is 0 Å². The summed E-state index contributed by atoms with van der Waals surface area (Å²) in [4.78, 5) is 12.9. The Hall–Kier alpha value is -2.53. The van der Waals surface area contributed by atoms with Gasteiger partial charge in [-0.1, -0.05) is 30.3 Å². The molecule has 3 N–H and O–H groups in total. The molecular weight excluding hydrogens is 328 g/mol. The van der Waals surface area contributed by atoms with E-state index >= 15 is 0 Å². The van der Waals surface area contributed by atoms with E-state index in [4.69, 9.17) is 15.2 Å². The lowest BCUT2D eigenvalue weighted by atomic mass is 9.88. The van der Waals surface area contributed by atoms with Gasteiger partial charge in [0.1, 0.15) is 0 Å². The summed E-state index contributed by atoms with van der Waals surface area (Å²) in [7, 11) is 1.57. The predicted molar refractivity (Wildman–Crippen MR) is 102 cm³/mol. The van der Waals surface area contributed by atoms with Gasteiger partial charge in [0, 0.05) is 6.04 Å². The highest BCUT2D eigenvalue weighted by Crippen LogP contribution is 2.31. The van der Waals surface area contributed by atoms with Crippen LogP contribution in [0.2, 0.25) is 0 Å². The second-order valence-corrected chi connectivity index (χ2v) is 6.51. The van der Waals surface area contributed by atoms with Crippen molar-refractivity contribution in [3.05, 3.63) is 59.2 Å². The SMILES string of the molecule is COc1cccc(C(=O)N[C@H]2CCc3ccccc3C2)c1OCCCN. The van der Waals surface area contributed by atoms with Crippen molar-refractivity contribution < 1.29 is 14.3 Å². The van der Waals surface area contributed by atoms with Crippen molar-refractivity contribution in [3.63, 3.8) is 0 Å². The topological polar surface area (TPSA) is 73.6 Å². The van der Waals surface area contributed by atoms with E-state index in [1.807, 2.05) is 0 Å². The third-order valence-corrected chi connectivity index (χ3v) is 4.72. The molecule has 0 fully saturated rings. The second-order valence-electron chi connectivity index (χ2n) is 6.51. The maximum Gasteiger partial charge on any atom is 0.255 e. The number of fused-ring (bicyclic) bond motifs is 1. The molecule has 0 radical (unpaired) electrons. The quantitative estimate of drug-likeness (QED) is 0.750. The van der Waals surface area contributed by atoms with Gasteiger partial charge in [0.15, 0.2) is 11.5 Å². The Balaban J connectivity index is 1.73. The molecule has 0 saturated heterocycles. The number of hydrogen-bond donors (Lipinski definition) is 2. The van der Waals surface area contributed by atoms with Crippen LogP contribution in [0.1, 0.15) is 34.3 Å². The zero-order valence-corrected chi connectivity index (χ0v) is 15.2. The number of carbonyl (C=O) groups is 1. The fourth-order valence-electron chi connectivity index (χ4n) is 3.35. The van der Waals surface area contributed by atoms with Crippen LogP contribution in [-0.4, -0.2) is 32.2 Å². The maximum absolute atomic E-state index is 12.9. The highest BCUT2D eigenvalue weighted by Gasteiger charge is 2.23. The molecule has 0 aromatic heterocycles. The highest BCUT2D eigenvalue weighted by atomic mass is 16.5. The van der Waals surface area contributed by atoms with Crippen molar-refractivity contribution >= 4 is 5.91 Å². The summed E-state index contributed by atoms with van der Waals surface area (Å²) in [5.41, 5.74) is 8.73. The zero-order chi connectivity index (χ0) is 18.4. The number of amides is 1. The van der Waals surface area contributed by atoms with E-state index < -0.39 is 0 Å². The number of rotatable bonds is 7. The number of para-hydroxylation sites is 1. The lowest BCUT2D eigenvalue weighted by Crippen LogP contribution is -2.39. The third-order valence-electron chi connectivity index (χ3n) is 4.72. The Morgan fingerprint density at radius 3 is 2.77 bits per heavy atom. The predicted octanol–water partition coefficient (Wildman–Crippen LogP) is 2.71. The maximum atomic E-state index is 12.9. The summed E-state index contributed by atoms with van der Waals surface area (Å²) in [6, 6.07) is 13.9. The fraction of sp³-hybridized carbons (Fsp3) is 0.381. The number of benzene rings is 2. The molecule has 138 valence electrons. The third kappa shape index (κ3) is 4.17. The first-order chi connectivity index (χ1) is 12.7. The van der Waals surface area contributed by atoms with Gasteiger partial charge >= 0.3 is 0 Å². The Kier molecular flexibility index (Phi) is 6.12. The van der Waals surface area contributed by atoms with Gasteiger partial charge in [-0.3, -0.25) is 4.79 Å². The molecule has 0 bridgehead atoms. The van der Waals surface area contributed by atoms with Crippen LogP contribution in [0.15, 0.2) is 42.5 Å². The molecule has 0 unspecified atom stereocenters. The molecule has 3 rings (SSSR count). The average molecular weight is 354 g/mol. The molecule has 1 atom stereocenters. The monoisotopic (exact) mass is 354 g/mol. The lowest BCUT2D eigenvalue weighted by molar-refractivity contribution is 0.0928. The van der Waals surface area contributed by atoms with E-state index in [-0.39, 0.29) is 11.9 Å². The number of hydrogen-bond acceptors (Lipinski definition) is 4. The van der Waals surface area contributed by atoms with E-state index in [1.165, 1.54) is 11.1 Å². The molecule has 1 aliphatic carbocycles. The van der Waals surface area contributed by atoms with Crippen molar-refractivity contribution in [2.45, 2.75) is 31.7 Å².